The van der Waals surface area contributed by atoms with Gasteiger partial charge in [-0.1, -0.05) is 30.9 Å². The van der Waals surface area contributed by atoms with E-state index < -0.39 is 6.17 Å². The summed E-state index contributed by atoms with van der Waals surface area (Å²) in [7, 11) is 0. The van der Waals surface area contributed by atoms with Crippen LogP contribution in [0.1, 0.15) is 51.4 Å². The first-order chi connectivity index (χ1) is 15.2. The summed E-state index contributed by atoms with van der Waals surface area (Å²) in [6.07, 6.45) is 18.3. The average Bonchev–Trinajstić information content (AvgIpc) is 3.42. The van der Waals surface area contributed by atoms with E-state index in [9.17, 15) is 4.39 Å². The summed E-state index contributed by atoms with van der Waals surface area (Å²) in [4.78, 5) is 5.01. The number of piperazine rings is 1. The number of halogens is 1. The van der Waals surface area contributed by atoms with Crippen molar-refractivity contribution >= 4 is 0 Å². The van der Waals surface area contributed by atoms with Crippen LogP contribution in [0.2, 0.25) is 0 Å². The number of alkyl halides is 1. The van der Waals surface area contributed by atoms with Gasteiger partial charge >= 0.3 is 0 Å². The molecule has 0 amide bonds. The summed E-state index contributed by atoms with van der Waals surface area (Å²) in [6, 6.07) is 0.649. The number of allylic oxidation sites excluding steroid dienone is 4. The Morgan fingerprint density at radius 2 is 1.77 bits per heavy atom. The third-order valence-electron chi connectivity index (χ3n) is 8.68. The molecule has 4 unspecified atom stereocenters. The molecule has 0 aromatic heterocycles. The third kappa shape index (κ3) is 5.02. The Bertz CT molecular complexity index is 715. The van der Waals surface area contributed by atoms with Crippen molar-refractivity contribution in [3.63, 3.8) is 0 Å². The van der Waals surface area contributed by atoms with Gasteiger partial charge in [-0.15, -0.1) is 5.73 Å². The lowest BCUT2D eigenvalue weighted by Crippen LogP contribution is -2.53. The van der Waals surface area contributed by atoms with Gasteiger partial charge in [-0.3, -0.25) is 4.90 Å². The summed E-state index contributed by atoms with van der Waals surface area (Å²) in [5.41, 5.74) is 4.42. The van der Waals surface area contributed by atoms with Crippen molar-refractivity contribution in [1.29, 1.82) is 0 Å². The molecule has 0 spiro atoms. The lowest BCUT2D eigenvalue weighted by molar-refractivity contribution is 0.0623. The highest BCUT2D eigenvalue weighted by atomic mass is 19.1. The molecule has 1 N–H and O–H groups in total. The normalized spacial score (nSPS) is 38.6. The first kappa shape index (κ1) is 21.5. The largest absolute Gasteiger partial charge is 0.379 e. The fourth-order valence-corrected chi connectivity index (χ4v) is 6.39. The zero-order valence-corrected chi connectivity index (χ0v) is 19.0. The Balaban J connectivity index is 0.990. The molecule has 0 aromatic carbocycles. The Labute approximate surface area is 188 Å². The monoisotopic (exact) mass is 425 g/mol. The average molecular weight is 426 g/mol. The molecular weight excluding hydrogens is 385 g/mol. The van der Waals surface area contributed by atoms with Crippen LogP contribution in [0.5, 0.6) is 0 Å². The van der Waals surface area contributed by atoms with Gasteiger partial charge in [0.25, 0.3) is 0 Å². The molecule has 0 radical (unpaired) electrons. The SMILES string of the molecule is C=C=C(NC1CCC(CCN2CCN(C3C=CC4CC4C3F)CC2)CC1)C1CC=CC1. The zero-order valence-electron chi connectivity index (χ0n) is 19.0. The van der Waals surface area contributed by atoms with E-state index in [0.717, 1.165) is 51.4 Å². The molecule has 0 aromatic rings. The molecule has 5 aliphatic rings. The standard InChI is InChI=1S/C27H40FN3/c1-2-25(21-5-3-4-6-21)29-23-10-7-20(8-11-23)13-14-30-15-17-31(18-16-30)26-12-9-22-19-24(22)27(26)28/h3-4,9,12,20-24,26-27,29H,1,5-8,10-11,13-19H2. The van der Waals surface area contributed by atoms with E-state index in [0.29, 0.717) is 23.8 Å². The maximum atomic E-state index is 14.7. The highest BCUT2D eigenvalue weighted by Crippen LogP contribution is 2.48. The van der Waals surface area contributed by atoms with Gasteiger partial charge in [0.05, 0.1) is 11.7 Å². The Morgan fingerprint density at radius 1 is 1.03 bits per heavy atom. The predicted molar refractivity (Wildman–Crippen MR) is 125 cm³/mol. The minimum Gasteiger partial charge on any atom is -0.379 e. The van der Waals surface area contributed by atoms with Gasteiger partial charge in [0.15, 0.2) is 0 Å². The van der Waals surface area contributed by atoms with Crippen LogP contribution in [-0.2, 0) is 0 Å². The van der Waals surface area contributed by atoms with Gasteiger partial charge < -0.3 is 10.2 Å². The van der Waals surface area contributed by atoms with Crippen LogP contribution in [0.25, 0.3) is 0 Å². The molecule has 1 saturated heterocycles. The fraction of sp³-hybridized carbons (Fsp3) is 0.741. The Hall–Kier alpha value is -1.35. The van der Waals surface area contributed by atoms with Gasteiger partial charge in [0, 0.05) is 38.1 Å². The fourth-order valence-electron chi connectivity index (χ4n) is 6.39. The lowest BCUT2D eigenvalue weighted by Gasteiger charge is -2.40. The minimum atomic E-state index is -0.633. The number of rotatable bonds is 7. The number of hydrogen-bond donors (Lipinski definition) is 1. The molecule has 3 fully saturated rings. The topological polar surface area (TPSA) is 18.5 Å². The lowest BCUT2D eigenvalue weighted by atomic mass is 9.83. The highest BCUT2D eigenvalue weighted by Gasteiger charge is 2.48. The van der Waals surface area contributed by atoms with Crippen LogP contribution in [0.15, 0.2) is 42.3 Å². The van der Waals surface area contributed by atoms with E-state index in [1.165, 1.54) is 44.3 Å². The first-order valence-electron chi connectivity index (χ1n) is 12.8. The second kappa shape index (κ2) is 9.65. The first-order valence-corrected chi connectivity index (χ1v) is 12.8. The van der Waals surface area contributed by atoms with Crippen molar-refractivity contribution in [2.75, 3.05) is 32.7 Å². The van der Waals surface area contributed by atoms with Crippen molar-refractivity contribution in [3.8, 4) is 0 Å². The minimum absolute atomic E-state index is 0.0446. The molecule has 3 nitrogen and oxygen atoms in total. The molecule has 0 bridgehead atoms. The summed E-state index contributed by atoms with van der Waals surface area (Å²) < 4.78 is 14.7. The van der Waals surface area contributed by atoms with E-state index in [1.807, 2.05) is 0 Å². The van der Waals surface area contributed by atoms with Gasteiger partial charge in [-0.05, 0) is 75.7 Å². The quantitative estimate of drug-likeness (QED) is 0.472. The zero-order chi connectivity index (χ0) is 21.2. The van der Waals surface area contributed by atoms with E-state index in [-0.39, 0.29) is 6.04 Å². The molecule has 4 atom stereocenters. The summed E-state index contributed by atoms with van der Waals surface area (Å²) in [5, 5.41) is 3.77. The molecule has 2 saturated carbocycles. The molecule has 1 aliphatic heterocycles. The van der Waals surface area contributed by atoms with Crippen LogP contribution in [0, 0.1) is 23.7 Å². The van der Waals surface area contributed by atoms with Crippen LogP contribution in [0.4, 0.5) is 4.39 Å². The third-order valence-corrected chi connectivity index (χ3v) is 8.68. The second-order valence-corrected chi connectivity index (χ2v) is 10.6. The smallest absolute Gasteiger partial charge is 0.122 e. The van der Waals surface area contributed by atoms with E-state index in [2.05, 4.69) is 51.7 Å². The molecule has 5 rings (SSSR count). The maximum Gasteiger partial charge on any atom is 0.122 e. The van der Waals surface area contributed by atoms with E-state index >= 15 is 0 Å². The molecule has 1 heterocycles. The summed E-state index contributed by atoms with van der Waals surface area (Å²) >= 11 is 0. The summed E-state index contributed by atoms with van der Waals surface area (Å²) in [5.74, 6) is 2.32. The van der Waals surface area contributed by atoms with Gasteiger partial charge in [0.2, 0.25) is 0 Å². The van der Waals surface area contributed by atoms with Crippen molar-refractivity contribution < 1.29 is 4.39 Å². The van der Waals surface area contributed by atoms with Gasteiger partial charge in [-0.2, -0.15) is 0 Å². The molecular formula is C27H40FN3. The number of fused-ring (bicyclic) bond motifs is 1. The van der Waals surface area contributed by atoms with E-state index in [4.69, 9.17) is 0 Å². The van der Waals surface area contributed by atoms with Crippen LogP contribution in [-0.4, -0.2) is 60.8 Å². The Kier molecular flexibility index (Phi) is 6.69. The molecule has 170 valence electrons. The second-order valence-electron chi connectivity index (χ2n) is 10.6. The van der Waals surface area contributed by atoms with Crippen molar-refractivity contribution in [2.24, 2.45) is 23.7 Å². The van der Waals surface area contributed by atoms with Crippen LogP contribution in [0.3, 0.4) is 0 Å². The van der Waals surface area contributed by atoms with Crippen molar-refractivity contribution in [2.45, 2.75) is 69.6 Å². The highest BCUT2D eigenvalue weighted by molar-refractivity contribution is 5.17. The van der Waals surface area contributed by atoms with Gasteiger partial charge in [0.1, 0.15) is 6.17 Å². The van der Waals surface area contributed by atoms with Crippen LogP contribution < -0.4 is 5.32 Å². The van der Waals surface area contributed by atoms with Crippen molar-refractivity contribution in [3.05, 3.63) is 42.3 Å². The summed E-state index contributed by atoms with van der Waals surface area (Å²) in [6.45, 7) is 9.39. The number of nitrogens with zero attached hydrogens (tertiary/aromatic N) is 2. The van der Waals surface area contributed by atoms with E-state index in [1.54, 1.807) is 0 Å². The molecule has 4 heteroatoms. The Morgan fingerprint density at radius 3 is 2.48 bits per heavy atom. The van der Waals surface area contributed by atoms with Gasteiger partial charge in [-0.25, -0.2) is 4.39 Å². The van der Waals surface area contributed by atoms with Crippen LogP contribution >= 0.6 is 0 Å². The predicted octanol–water partition coefficient (Wildman–Crippen LogP) is 4.69. The molecule has 4 aliphatic carbocycles. The molecule has 31 heavy (non-hydrogen) atoms. The number of nitrogens with one attached hydrogen (secondary N) is 1. The maximum absolute atomic E-state index is 14.7. The van der Waals surface area contributed by atoms with Crippen molar-refractivity contribution in [1.82, 2.24) is 15.1 Å². The number of hydrogen-bond acceptors (Lipinski definition) is 3.